The lowest BCUT2D eigenvalue weighted by atomic mass is 10.0. The molecule has 0 amide bonds. The van der Waals surface area contributed by atoms with Gasteiger partial charge in [0.1, 0.15) is 5.69 Å². The van der Waals surface area contributed by atoms with Crippen LogP contribution in [0.2, 0.25) is 0 Å². The average Bonchev–Trinajstić information content (AvgIpc) is 3.42. The fourth-order valence-electron chi connectivity index (χ4n) is 5.60. The molecule has 3 aromatic heterocycles. The Balaban J connectivity index is 1.38. The third-order valence-corrected chi connectivity index (χ3v) is 7.64. The minimum Gasteiger partial charge on any atom is -0.239 e. The molecule has 0 aliphatic rings. The lowest BCUT2D eigenvalue weighted by Gasteiger charge is -2.11. The van der Waals surface area contributed by atoms with Crippen molar-refractivity contribution in [2.75, 3.05) is 0 Å². The van der Waals surface area contributed by atoms with Crippen LogP contribution in [0.15, 0.2) is 146 Å². The van der Waals surface area contributed by atoms with Crippen LogP contribution in [0.25, 0.3) is 72.2 Å². The number of aromatic nitrogens is 4. The van der Waals surface area contributed by atoms with Gasteiger partial charge in [-0.2, -0.15) is 5.10 Å². The maximum atomic E-state index is 5.27. The van der Waals surface area contributed by atoms with E-state index in [0.717, 1.165) is 55.3 Å². The van der Waals surface area contributed by atoms with Crippen LogP contribution in [0.1, 0.15) is 0 Å². The summed E-state index contributed by atoms with van der Waals surface area (Å²) in [6, 6.07) is 48.2. The van der Waals surface area contributed by atoms with Gasteiger partial charge >= 0.3 is 0 Å². The van der Waals surface area contributed by atoms with Gasteiger partial charge in [0.25, 0.3) is 0 Å². The summed E-state index contributed by atoms with van der Waals surface area (Å²) in [5, 5.41) is 8.38. The summed E-state index contributed by atoms with van der Waals surface area (Å²) in [5.41, 5.74) is 9.02. The van der Waals surface area contributed by atoms with Crippen LogP contribution in [0.5, 0.6) is 0 Å². The van der Waals surface area contributed by atoms with Crippen molar-refractivity contribution >= 4 is 27.2 Å². The highest BCUT2D eigenvalue weighted by atomic mass is 15.2. The molecule has 4 nitrogen and oxygen atoms in total. The predicted molar refractivity (Wildman–Crippen MR) is 168 cm³/mol. The molecular weight excluding hydrogens is 500 g/mol. The highest BCUT2D eigenvalue weighted by Gasteiger charge is 2.21. The summed E-state index contributed by atoms with van der Waals surface area (Å²) in [6.07, 6.45) is 2.09. The fraction of sp³-hybridized carbons (Fsp3) is 0. The molecule has 8 rings (SSSR count). The molecule has 0 bridgehead atoms. The van der Waals surface area contributed by atoms with Gasteiger partial charge in [-0.1, -0.05) is 127 Å². The molecule has 0 spiro atoms. The second kappa shape index (κ2) is 9.54. The van der Waals surface area contributed by atoms with Crippen molar-refractivity contribution in [3.05, 3.63) is 146 Å². The topological polar surface area (TPSA) is 43.1 Å². The standard InChI is InChI=1S/C37H24N4/c1-3-11-25(12-4-1)26-19-21-28(22-20-26)35-31-17-9-10-18-32(31)38-37(39-35)34-33-23-29-15-7-8-16-30(29)24-41(33)40-36(34)27-13-5-2-6-14-27/h1-24H. The fourth-order valence-corrected chi connectivity index (χ4v) is 5.60. The second-order valence-electron chi connectivity index (χ2n) is 10.2. The van der Waals surface area contributed by atoms with Gasteiger partial charge in [0, 0.05) is 28.1 Å². The number of rotatable bonds is 4. The quantitative estimate of drug-likeness (QED) is 0.231. The number of hydrogen-bond acceptors (Lipinski definition) is 3. The van der Waals surface area contributed by atoms with Crippen molar-refractivity contribution < 1.29 is 0 Å². The molecule has 0 saturated heterocycles. The third-order valence-electron chi connectivity index (χ3n) is 7.64. The van der Waals surface area contributed by atoms with Gasteiger partial charge in [-0.05, 0) is 28.6 Å². The van der Waals surface area contributed by atoms with Crippen molar-refractivity contribution in [3.8, 4) is 45.0 Å². The number of benzene rings is 5. The summed E-state index contributed by atoms with van der Waals surface area (Å²) >= 11 is 0. The molecule has 3 heterocycles. The van der Waals surface area contributed by atoms with Crippen LogP contribution in [-0.4, -0.2) is 19.6 Å². The SMILES string of the molecule is c1ccc(-c2ccc(-c3nc(-c4c(-c5ccccc5)nn5cc6ccccc6cc45)nc4ccccc34)cc2)cc1. The van der Waals surface area contributed by atoms with E-state index in [1.54, 1.807) is 0 Å². The Bertz CT molecular complexity index is 2180. The van der Waals surface area contributed by atoms with Crippen LogP contribution in [-0.2, 0) is 0 Å². The van der Waals surface area contributed by atoms with E-state index in [1.807, 2.05) is 40.9 Å². The molecule has 0 radical (unpaired) electrons. The Kier molecular flexibility index (Phi) is 5.42. The monoisotopic (exact) mass is 524 g/mol. The van der Waals surface area contributed by atoms with Crippen molar-refractivity contribution in [3.63, 3.8) is 0 Å². The van der Waals surface area contributed by atoms with Crippen molar-refractivity contribution in [1.29, 1.82) is 0 Å². The molecule has 4 heteroatoms. The van der Waals surface area contributed by atoms with Gasteiger partial charge < -0.3 is 0 Å². The zero-order chi connectivity index (χ0) is 27.2. The van der Waals surface area contributed by atoms with Crippen LogP contribution >= 0.6 is 0 Å². The minimum absolute atomic E-state index is 0.662. The summed E-state index contributed by atoms with van der Waals surface area (Å²) in [5.74, 6) is 0.662. The lowest BCUT2D eigenvalue weighted by Crippen LogP contribution is -1.96. The first-order chi connectivity index (χ1) is 20.3. The molecule has 0 saturated carbocycles. The van der Waals surface area contributed by atoms with Crippen molar-refractivity contribution in [2.45, 2.75) is 0 Å². The van der Waals surface area contributed by atoms with Gasteiger partial charge in [0.2, 0.25) is 0 Å². The molecule has 0 N–H and O–H groups in total. The van der Waals surface area contributed by atoms with Gasteiger partial charge in [-0.3, -0.25) is 0 Å². The summed E-state index contributed by atoms with van der Waals surface area (Å²) in [7, 11) is 0. The number of para-hydroxylation sites is 1. The lowest BCUT2D eigenvalue weighted by molar-refractivity contribution is 0.974. The van der Waals surface area contributed by atoms with E-state index >= 15 is 0 Å². The van der Waals surface area contributed by atoms with Crippen LogP contribution in [0.4, 0.5) is 0 Å². The van der Waals surface area contributed by atoms with Crippen molar-refractivity contribution in [2.24, 2.45) is 0 Å². The van der Waals surface area contributed by atoms with Crippen molar-refractivity contribution in [1.82, 2.24) is 19.6 Å². The first-order valence-electron chi connectivity index (χ1n) is 13.7. The van der Waals surface area contributed by atoms with E-state index in [1.165, 1.54) is 11.1 Å². The summed E-state index contributed by atoms with van der Waals surface area (Å²) in [6.45, 7) is 0. The summed E-state index contributed by atoms with van der Waals surface area (Å²) in [4.78, 5) is 10.4. The number of hydrogen-bond donors (Lipinski definition) is 0. The van der Waals surface area contributed by atoms with E-state index in [0.29, 0.717) is 5.82 Å². The Morgan fingerprint density at radius 3 is 1.83 bits per heavy atom. The van der Waals surface area contributed by atoms with E-state index in [2.05, 4.69) is 109 Å². The molecule has 8 aromatic rings. The van der Waals surface area contributed by atoms with Crippen LogP contribution < -0.4 is 0 Å². The van der Waals surface area contributed by atoms with Gasteiger partial charge in [-0.25, -0.2) is 14.5 Å². The van der Waals surface area contributed by atoms with E-state index in [4.69, 9.17) is 15.1 Å². The zero-order valence-corrected chi connectivity index (χ0v) is 22.1. The molecule has 41 heavy (non-hydrogen) atoms. The predicted octanol–water partition coefficient (Wildman–Crippen LogP) is 9.10. The Morgan fingerprint density at radius 1 is 0.463 bits per heavy atom. The third kappa shape index (κ3) is 4.05. The zero-order valence-electron chi connectivity index (χ0n) is 22.1. The van der Waals surface area contributed by atoms with E-state index < -0.39 is 0 Å². The number of fused-ring (bicyclic) bond motifs is 3. The van der Waals surface area contributed by atoms with E-state index in [9.17, 15) is 0 Å². The summed E-state index contributed by atoms with van der Waals surface area (Å²) < 4.78 is 1.97. The molecule has 192 valence electrons. The Morgan fingerprint density at radius 2 is 1.05 bits per heavy atom. The maximum Gasteiger partial charge on any atom is 0.164 e. The maximum absolute atomic E-state index is 5.27. The molecular formula is C37H24N4. The van der Waals surface area contributed by atoms with Gasteiger partial charge in [-0.15, -0.1) is 0 Å². The number of nitrogens with zero attached hydrogens (tertiary/aromatic N) is 4. The molecule has 0 fully saturated rings. The second-order valence-corrected chi connectivity index (χ2v) is 10.2. The molecule has 0 aliphatic carbocycles. The molecule has 5 aromatic carbocycles. The normalized spacial score (nSPS) is 11.4. The Hall–Kier alpha value is -5.61. The van der Waals surface area contributed by atoms with Crippen LogP contribution in [0.3, 0.4) is 0 Å². The first-order valence-corrected chi connectivity index (χ1v) is 13.7. The van der Waals surface area contributed by atoms with Gasteiger partial charge in [0.15, 0.2) is 5.82 Å². The van der Waals surface area contributed by atoms with Gasteiger partial charge in [0.05, 0.1) is 22.3 Å². The largest absolute Gasteiger partial charge is 0.239 e. The Labute approximate surface area is 237 Å². The molecule has 0 atom stereocenters. The highest BCUT2D eigenvalue weighted by Crippen LogP contribution is 2.37. The minimum atomic E-state index is 0.662. The first kappa shape index (κ1) is 23.3. The molecule has 0 unspecified atom stereocenters. The van der Waals surface area contributed by atoms with Crippen LogP contribution in [0, 0.1) is 0 Å². The average molecular weight is 525 g/mol. The van der Waals surface area contributed by atoms with E-state index in [-0.39, 0.29) is 0 Å². The smallest absolute Gasteiger partial charge is 0.164 e. The number of pyridine rings is 1. The highest BCUT2D eigenvalue weighted by molar-refractivity contribution is 5.99. The molecule has 0 aliphatic heterocycles.